The van der Waals surface area contributed by atoms with E-state index in [2.05, 4.69) is 0 Å². The molecule has 32 heavy (non-hydrogen) atoms. The molecule has 4 rings (SSSR count). The molecule has 0 bridgehead atoms. The molecule has 0 aliphatic carbocycles. The Morgan fingerprint density at radius 2 is 1.19 bits per heavy atom. The maximum absolute atomic E-state index is 10.7. The fourth-order valence-corrected chi connectivity index (χ4v) is 3.67. The van der Waals surface area contributed by atoms with Crippen LogP contribution in [0.1, 0.15) is 18.1 Å². The lowest BCUT2D eigenvalue weighted by molar-refractivity contribution is -0.234. The van der Waals surface area contributed by atoms with Crippen LogP contribution < -0.4 is 0 Å². The van der Waals surface area contributed by atoms with Crippen LogP contribution >= 0.6 is 0 Å². The Labute approximate surface area is 190 Å². The standard InChI is InChI=1S/C27H30O5/c28-24-19-30-25(20-29-16-21-10-4-1-5-11-21)27(32-18-23-14-8-3-9-15-23)26(24)31-17-22-12-6-2-7-13-22/h1-15,24-28H,16-20H2/t24-,25+,26+,27+/m0/s1/i19D/t19-,24-,25+,26+,27+. The van der Waals surface area contributed by atoms with Gasteiger partial charge in [-0.1, -0.05) is 91.0 Å². The highest BCUT2D eigenvalue weighted by molar-refractivity contribution is 5.15. The van der Waals surface area contributed by atoms with Crippen molar-refractivity contribution in [1.29, 1.82) is 0 Å². The van der Waals surface area contributed by atoms with Gasteiger partial charge in [0.1, 0.15) is 24.4 Å². The molecular formula is C27H30O5. The van der Waals surface area contributed by atoms with Gasteiger partial charge in [-0.05, 0) is 16.7 Å². The van der Waals surface area contributed by atoms with Crippen LogP contribution in [0.2, 0.25) is 0 Å². The van der Waals surface area contributed by atoms with Gasteiger partial charge in [-0.2, -0.15) is 0 Å². The van der Waals surface area contributed by atoms with Crippen LogP contribution in [0.4, 0.5) is 0 Å². The first-order chi connectivity index (χ1) is 16.2. The second-order valence-electron chi connectivity index (χ2n) is 7.82. The lowest BCUT2D eigenvalue weighted by Crippen LogP contribution is -2.56. The zero-order valence-corrected chi connectivity index (χ0v) is 18.0. The average Bonchev–Trinajstić information content (AvgIpc) is 2.86. The molecule has 5 heteroatoms. The second kappa shape index (κ2) is 11.9. The fourth-order valence-electron chi connectivity index (χ4n) is 3.67. The summed E-state index contributed by atoms with van der Waals surface area (Å²) < 4.78 is 32.3. The molecule has 0 unspecified atom stereocenters. The topological polar surface area (TPSA) is 57.2 Å². The minimum absolute atomic E-state index is 0.224. The van der Waals surface area contributed by atoms with E-state index in [9.17, 15) is 5.11 Å². The van der Waals surface area contributed by atoms with Crippen molar-refractivity contribution in [3.05, 3.63) is 108 Å². The smallest absolute Gasteiger partial charge is 0.115 e. The maximum atomic E-state index is 10.7. The highest BCUT2D eigenvalue weighted by Gasteiger charge is 2.41. The summed E-state index contributed by atoms with van der Waals surface area (Å²) in [4.78, 5) is 0. The number of aliphatic hydroxyl groups is 1. The van der Waals surface area contributed by atoms with Crippen LogP contribution in [0.15, 0.2) is 91.0 Å². The first-order valence-electron chi connectivity index (χ1n) is 11.5. The van der Waals surface area contributed by atoms with E-state index in [1.54, 1.807) is 0 Å². The number of aliphatic hydroxyl groups excluding tert-OH is 1. The van der Waals surface area contributed by atoms with Crippen molar-refractivity contribution in [2.45, 2.75) is 44.2 Å². The van der Waals surface area contributed by atoms with Crippen molar-refractivity contribution >= 4 is 0 Å². The van der Waals surface area contributed by atoms with Crippen molar-refractivity contribution in [2.75, 3.05) is 13.2 Å². The monoisotopic (exact) mass is 435 g/mol. The van der Waals surface area contributed by atoms with Crippen LogP contribution in [0.25, 0.3) is 0 Å². The number of rotatable bonds is 10. The summed E-state index contributed by atoms with van der Waals surface area (Å²) in [5.74, 6) is 0. The van der Waals surface area contributed by atoms with Gasteiger partial charge in [-0.3, -0.25) is 0 Å². The summed E-state index contributed by atoms with van der Waals surface area (Å²) >= 11 is 0. The van der Waals surface area contributed by atoms with Gasteiger partial charge >= 0.3 is 0 Å². The molecule has 168 valence electrons. The van der Waals surface area contributed by atoms with Crippen LogP contribution in [-0.2, 0) is 38.8 Å². The van der Waals surface area contributed by atoms with Gasteiger partial charge in [0.25, 0.3) is 0 Å². The van der Waals surface area contributed by atoms with Crippen LogP contribution in [0, 0.1) is 0 Å². The Morgan fingerprint density at radius 3 is 1.72 bits per heavy atom. The number of ether oxygens (including phenoxy) is 4. The molecule has 1 aliphatic heterocycles. The normalized spacial score (nSPS) is 25.9. The van der Waals surface area contributed by atoms with E-state index in [1.807, 2.05) is 91.0 Å². The molecular weight excluding hydrogens is 404 g/mol. The third kappa shape index (κ3) is 6.48. The maximum Gasteiger partial charge on any atom is 0.115 e. The lowest BCUT2D eigenvalue weighted by Gasteiger charge is -2.40. The van der Waals surface area contributed by atoms with Crippen molar-refractivity contribution in [2.24, 2.45) is 0 Å². The summed E-state index contributed by atoms with van der Waals surface area (Å²) in [7, 11) is 0. The van der Waals surface area contributed by atoms with E-state index in [1.165, 1.54) is 0 Å². The molecule has 1 fully saturated rings. The van der Waals surface area contributed by atoms with E-state index in [0.29, 0.717) is 19.8 Å². The zero-order valence-electron chi connectivity index (χ0n) is 19.0. The van der Waals surface area contributed by atoms with E-state index in [0.717, 1.165) is 16.7 Å². The van der Waals surface area contributed by atoms with Crippen LogP contribution in [0.5, 0.6) is 0 Å². The SMILES string of the molecule is [2H][C@@H]1O[C@H](COCc2ccccc2)[C@@H](OCc2ccccc2)[C@H](OCc2ccccc2)[C@H]1O. The largest absolute Gasteiger partial charge is 0.388 e. The third-order valence-electron chi connectivity index (χ3n) is 5.38. The Hall–Kier alpha value is -2.54. The Kier molecular flexibility index (Phi) is 7.93. The van der Waals surface area contributed by atoms with Gasteiger partial charge in [0, 0.05) is 0 Å². The highest BCUT2D eigenvalue weighted by Crippen LogP contribution is 2.24. The predicted octanol–water partition coefficient (Wildman–Crippen LogP) is 4.13. The quantitative estimate of drug-likeness (QED) is 0.519. The van der Waals surface area contributed by atoms with E-state index >= 15 is 0 Å². The van der Waals surface area contributed by atoms with Crippen molar-refractivity contribution in [3.8, 4) is 0 Å². The molecule has 0 amide bonds. The van der Waals surface area contributed by atoms with Crippen LogP contribution in [-0.4, -0.2) is 42.7 Å². The molecule has 0 radical (unpaired) electrons. The summed E-state index contributed by atoms with van der Waals surface area (Å²) in [6.07, 6.45) is -3.01. The first kappa shape index (κ1) is 21.3. The molecule has 1 heterocycles. The summed E-state index contributed by atoms with van der Waals surface area (Å²) in [6.45, 7) is 0.143. The summed E-state index contributed by atoms with van der Waals surface area (Å²) in [5.41, 5.74) is 3.04. The predicted molar refractivity (Wildman–Crippen MR) is 122 cm³/mol. The average molecular weight is 436 g/mol. The third-order valence-corrected chi connectivity index (χ3v) is 5.38. The Bertz CT molecular complexity index is 941. The first-order valence-corrected chi connectivity index (χ1v) is 10.9. The van der Waals surface area contributed by atoms with Gasteiger partial charge < -0.3 is 24.1 Å². The number of hydrogen-bond acceptors (Lipinski definition) is 5. The van der Waals surface area contributed by atoms with Crippen molar-refractivity contribution < 1.29 is 25.4 Å². The Balaban J connectivity index is 1.46. The number of benzene rings is 3. The van der Waals surface area contributed by atoms with Gasteiger partial charge in [-0.15, -0.1) is 0 Å². The van der Waals surface area contributed by atoms with Gasteiger partial charge in [0.05, 0.1) is 34.4 Å². The number of hydrogen-bond donors (Lipinski definition) is 1. The van der Waals surface area contributed by atoms with E-state index < -0.39 is 31.0 Å². The minimum Gasteiger partial charge on any atom is -0.388 e. The summed E-state index contributed by atoms with van der Waals surface area (Å²) in [6, 6.07) is 29.4. The van der Waals surface area contributed by atoms with Gasteiger partial charge in [0.2, 0.25) is 0 Å². The lowest BCUT2D eigenvalue weighted by atomic mass is 9.99. The molecule has 1 N–H and O–H groups in total. The van der Waals surface area contributed by atoms with E-state index in [4.69, 9.17) is 20.3 Å². The van der Waals surface area contributed by atoms with Crippen molar-refractivity contribution in [1.82, 2.24) is 0 Å². The molecule has 1 saturated heterocycles. The molecule has 0 spiro atoms. The molecule has 5 nitrogen and oxygen atoms in total. The van der Waals surface area contributed by atoms with Crippen LogP contribution in [0.3, 0.4) is 0 Å². The zero-order chi connectivity index (χ0) is 22.9. The summed E-state index contributed by atoms with van der Waals surface area (Å²) in [5, 5.41) is 10.7. The molecule has 1 aliphatic rings. The molecule has 0 saturated carbocycles. The fraction of sp³-hybridized carbons (Fsp3) is 0.333. The van der Waals surface area contributed by atoms with E-state index in [-0.39, 0.29) is 6.61 Å². The Morgan fingerprint density at radius 1 is 0.719 bits per heavy atom. The van der Waals surface area contributed by atoms with Gasteiger partial charge in [-0.25, -0.2) is 0 Å². The molecule has 0 aromatic heterocycles. The van der Waals surface area contributed by atoms with Gasteiger partial charge in [0.15, 0.2) is 0 Å². The molecule has 3 aromatic rings. The van der Waals surface area contributed by atoms with Crippen molar-refractivity contribution in [3.63, 3.8) is 0 Å². The second-order valence-corrected chi connectivity index (χ2v) is 7.82. The minimum atomic E-state index is -1.15. The highest BCUT2D eigenvalue weighted by atomic mass is 16.6. The molecule has 3 aromatic carbocycles. The molecule has 5 atom stereocenters.